The van der Waals surface area contributed by atoms with E-state index < -0.39 is 6.04 Å². The van der Waals surface area contributed by atoms with Gasteiger partial charge in [-0.2, -0.15) is 0 Å². The number of anilines is 2. The third-order valence-corrected chi connectivity index (χ3v) is 9.49. The molecule has 3 amide bonds. The Morgan fingerprint density at radius 2 is 1.59 bits per heavy atom. The predicted octanol–water partition coefficient (Wildman–Crippen LogP) is 5.09. The Kier molecular flexibility index (Phi) is 7.01. The molecule has 0 spiro atoms. The third kappa shape index (κ3) is 5.78. The molecule has 0 radical (unpaired) electrons. The predicted molar refractivity (Wildman–Crippen MR) is 155 cm³/mol. The minimum Gasteiger partial charge on any atom is -0.378 e. The molecule has 0 aliphatic heterocycles. The van der Waals surface area contributed by atoms with E-state index in [1.807, 2.05) is 73.6 Å². The summed E-state index contributed by atoms with van der Waals surface area (Å²) >= 11 is 1.32. The number of amides is 3. The topological polar surface area (TPSA) is 99.2 Å². The third-order valence-electron chi connectivity index (χ3n) is 8.61. The first-order valence-electron chi connectivity index (χ1n) is 13.9. The van der Waals surface area contributed by atoms with Crippen LogP contribution in [0.1, 0.15) is 44.1 Å². The molecule has 3 N–H and O–H groups in total. The van der Waals surface area contributed by atoms with Crippen molar-refractivity contribution in [2.45, 2.75) is 56.5 Å². The average molecular weight is 545 g/mol. The SMILES string of the molecule is CN(C)c1ccc(-c2nnc(NC(=O)C(Cc3ccccc3)NC(=O)NC34CC5CC(CC(C5)C3)C4)s2)cc1. The second kappa shape index (κ2) is 10.6. The van der Waals surface area contributed by atoms with Gasteiger partial charge in [-0.15, -0.1) is 10.2 Å². The maximum absolute atomic E-state index is 13.5. The lowest BCUT2D eigenvalue weighted by Crippen LogP contribution is -2.62. The zero-order valence-corrected chi connectivity index (χ0v) is 23.3. The fraction of sp³-hybridized carbons (Fsp3) is 0.467. The lowest BCUT2D eigenvalue weighted by molar-refractivity contribution is -0.118. The van der Waals surface area contributed by atoms with Gasteiger partial charge in [0.2, 0.25) is 11.0 Å². The van der Waals surface area contributed by atoms with Crippen molar-refractivity contribution in [3.63, 3.8) is 0 Å². The zero-order chi connectivity index (χ0) is 27.0. The number of rotatable bonds is 8. The summed E-state index contributed by atoms with van der Waals surface area (Å²) < 4.78 is 0. The maximum atomic E-state index is 13.5. The van der Waals surface area contributed by atoms with Crippen LogP contribution in [0.15, 0.2) is 54.6 Å². The Bertz CT molecular complexity index is 1290. The first-order valence-corrected chi connectivity index (χ1v) is 14.7. The molecule has 3 aromatic rings. The van der Waals surface area contributed by atoms with Gasteiger partial charge in [0.25, 0.3) is 0 Å². The van der Waals surface area contributed by atoms with Crippen LogP contribution in [0.4, 0.5) is 15.6 Å². The van der Waals surface area contributed by atoms with Crippen LogP contribution in [0, 0.1) is 17.8 Å². The van der Waals surface area contributed by atoms with E-state index in [4.69, 9.17) is 0 Å². The minimum atomic E-state index is -0.743. The number of aromatic nitrogens is 2. The van der Waals surface area contributed by atoms with Crippen molar-refractivity contribution < 1.29 is 9.59 Å². The normalized spacial score (nSPS) is 25.6. The number of hydrogen-bond acceptors (Lipinski definition) is 6. The van der Waals surface area contributed by atoms with Crippen molar-refractivity contribution >= 4 is 34.1 Å². The molecule has 1 atom stereocenters. The summed E-state index contributed by atoms with van der Waals surface area (Å²) in [6, 6.07) is 16.8. The number of carbonyl (C=O) groups is 2. The molecule has 0 saturated heterocycles. The number of carbonyl (C=O) groups excluding carboxylic acids is 2. The number of urea groups is 1. The van der Waals surface area contributed by atoms with Gasteiger partial charge < -0.3 is 15.5 Å². The van der Waals surface area contributed by atoms with Gasteiger partial charge >= 0.3 is 6.03 Å². The molecule has 1 aromatic heterocycles. The Balaban J connectivity index is 1.14. The second-order valence-corrected chi connectivity index (χ2v) is 12.9. The summed E-state index contributed by atoms with van der Waals surface area (Å²) in [6.45, 7) is 0. The van der Waals surface area contributed by atoms with Gasteiger partial charge in [-0.1, -0.05) is 41.7 Å². The van der Waals surface area contributed by atoms with Crippen molar-refractivity contribution in [3.05, 3.63) is 60.2 Å². The van der Waals surface area contributed by atoms with E-state index in [0.29, 0.717) is 11.6 Å². The van der Waals surface area contributed by atoms with Crippen LogP contribution in [-0.4, -0.2) is 47.8 Å². The van der Waals surface area contributed by atoms with E-state index >= 15 is 0 Å². The highest BCUT2D eigenvalue weighted by Gasteiger charge is 2.51. The molecule has 4 saturated carbocycles. The van der Waals surface area contributed by atoms with E-state index in [2.05, 4.69) is 26.1 Å². The zero-order valence-electron chi connectivity index (χ0n) is 22.5. The summed E-state index contributed by atoms with van der Waals surface area (Å²) in [5.41, 5.74) is 2.89. The van der Waals surface area contributed by atoms with Gasteiger partial charge in [-0.3, -0.25) is 10.1 Å². The first-order chi connectivity index (χ1) is 18.8. The van der Waals surface area contributed by atoms with E-state index in [-0.39, 0.29) is 17.5 Å². The molecule has 4 bridgehead atoms. The Morgan fingerprint density at radius 1 is 0.949 bits per heavy atom. The van der Waals surface area contributed by atoms with Crippen molar-refractivity contribution in [1.29, 1.82) is 0 Å². The summed E-state index contributed by atoms with van der Waals surface area (Å²) in [5, 5.41) is 18.9. The highest BCUT2D eigenvalue weighted by molar-refractivity contribution is 7.18. The number of hydrogen-bond donors (Lipinski definition) is 3. The summed E-state index contributed by atoms with van der Waals surface area (Å²) in [4.78, 5) is 28.8. The monoisotopic (exact) mass is 544 g/mol. The Labute approximate surface area is 233 Å². The van der Waals surface area contributed by atoms with Crippen molar-refractivity contribution in [1.82, 2.24) is 20.8 Å². The molecule has 4 aliphatic carbocycles. The Morgan fingerprint density at radius 3 is 2.21 bits per heavy atom. The average Bonchev–Trinajstić information content (AvgIpc) is 3.36. The molecule has 204 valence electrons. The van der Waals surface area contributed by atoms with Crippen LogP contribution in [0.25, 0.3) is 10.6 Å². The molecule has 39 heavy (non-hydrogen) atoms. The highest BCUT2D eigenvalue weighted by atomic mass is 32.1. The molecule has 1 heterocycles. The molecule has 2 aromatic carbocycles. The van der Waals surface area contributed by atoms with E-state index in [1.165, 1.54) is 30.6 Å². The van der Waals surface area contributed by atoms with Crippen molar-refractivity contribution in [2.75, 3.05) is 24.3 Å². The molecule has 1 unspecified atom stereocenters. The number of nitrogens with zero attached hydrogens (tertiary/aromatic N) is 3. The molecule has 7 rings (SSSR count). The van der Waals surface area contributed by atoms with E-state index in [1.54, 1.807) is 0 Å². The lowest BCUT2D eigenvalue weighted by Gasteiger charge is -2.56. The van der Waals surface area contributed by atoms with Gasteiger partial charge in [0.1, 0.15) is 11.0 Å². The smallest absolute Gasteiger partial charge is 0.315 e. The van der Waals surface area contributed by atoms with Gasteiger partial charge in [0.05, 0.1) is 0 Å². The molecular formula is C30H36N6O2S. The molecule has 8 nitrogen and oxygen atoms in total. The first kappa shape index (κ1) is 25.8. The van der Waals surface area contributed by atoms with Crippen LogP contribution in [-0.2, 0) is 11.2 Å². The van der Waals surface area contributed by atoms with Crippen LogP contribution in [0.2, 0.25) is 0 Å². The fourth-order valence-corrected chi connectivity index (χ4v) is 8.00. The van der Waals surface area contributed by atoms with Gasteiger partial charge in [-0.25, -0.2) is 4.79 Å². The quantitative estimate of drug-likeness (QED) is 0.367. The van der Waals surface area contributed by atoms with E-state index in [0.717, 1.165) is 58.8 Å². The standard InChI is InChI=1S/C30H36N6O2S/c1-36(2)24-10-8-23(9-11-24)27-34-35-29(39-27)32-26(37)25(15-19-6-4-3-5-7-19)31-28(38)33-30-16-20-12-21(17-30)14-22(13-20)18-30/h3-11,20-22,25H,12-18H2,1-2H3,(H2,31,33,38)(H,32,35,37). The lowest BCUT2D eigenvalue weighted by atomic mass is 9.53. The van der Waals surface area contributed by atoms with Crippen molar-refractivity contribution in [3.8, 4) is 10.6 Å². The molecule has 4 fully saturated rings. The van der Waals surface area contributed by atoms with Crippen LogP contribution >= 0.6 is 11.3 Å². The van der Waals surface area contributed by atoms with Gasteiger partial charge in [-0.05, 0) is 86.1 Å². The molecule has 9 heteroatoms. The largest absolute Gasteiger partial charge is 0.378 e. The summed E-state index contributed by atoms with van der Waals surface area (Å²) in [5.74, 6) is 1.88. The van der Waals surface area contributed by atoms with Gasteiger partial charge in [0.15, 0.2) is 0 Å². The summed E-state index contributed by atoms with van der Waals surface area (Å²) in [6.07, 6.45) is 7.50. The fourth-order valence-electron chi connectivity index (χ4n) is 7.24. The second-order valence-electron chi connectivity index (χ2n) is 11.9. The van der Waals surface area contributed by atoms with Crippen molar-refractivity contribution in [2.24, 2.45) is 17.8 Å². The maximum Gasteiger partial charge on any atom is 0.315 e. The van der Waals surface area contributed by atoms with Crippen LogP contribution in [0.5, 0.6) is 0 Å². The summed E-state index contributed by atoms with van der Waals surface area (Å²) in [7, 11) is 3.99. The van der Waals surface area contributed by atoms with Crippen LogP contribution in [0.3, 0.4) is 0 Å². The van der Waals surface area contributed by atoms with Gasteiger partial charge in [0, 0.05) is 37.3 Å². The van der Waals surface area contributed by atoms with E-state index in [9.17, 15) is 9.59 Å². The minimum absolute atomic E-state index is 0.122. The number of benzene rings is 2. The number of nitrogens with one attached hydrogen (secondary N) is 3. The molecule has 4 aliphatic rings. The van der Waals surface area contributed by atoms with Crippen LogP contribution < -0.4 is 20.9 Å². The molecular weight excluding hydrogens is 508 g/mol. The Hall–Kier alpha value is -3.46. The highest BCUT2D eigenvalue weighted by Crippen LogP contribution is 2.55.